The lowest BCUT2D eigenvalue weighted by atomic mass is 10.1. The molecule has 160 valence electrons. The number of methoxy groups -OCH3 is 1. The Bertz CT molecular complexity index is 1120. The van der Waals surface area contributed by atoms with E-state index in [0.717, 1.165) is 16.9 Å². The Labute approximate surface area is 186 Å². The molecule has 31 heavy (non-hydrogen) atoms. The fraction of sp³-hybridized carbons (Fsp3) is 0.250. The Kier molecular flexibility index (Phi) is 6.39. The molecule has 1 saturated heterocycles. The summed E-state index contributed by atoms with van der Waals surface area (Å²) in [5.41, 5.74) is 2.43. The first-order valence-electron chi connectivity index (χ1n) is 10.2. The van der Waals surface area contributed by atoms with Crippen molar-refractivity contribution in [2.45, 2.75) is 6.54 Å². The van der Waals surface area contributed by atoms with Crippen molar-refractivity contribution in [3.63, 3.8) is 0 Å². The number of rotatable bonds is 5. The molecule has 0 atom stereocenters. The fourth-order valence-electron chi connectivity index (χ4n) is 3.82. The number of nitrogens with one attached hydrogen (secondary N) is 1. The quantitative estimate of drug-likeness (QED) is 0.661. The molecule has 1 fully saturated rings. The van der Waals surface area contributed by atoms with Crippen molar-refractivity contribution in [3.8, 4) is 17.0 Å². The Morgan fingerprint density at radius 3 is 2.45 bits per heavy atom. The van der Waals surface area contributed by atoms with Crippen molar-refractivity contribution in [2.24, 2.45) is 0 Å². The van der Waals surface area contributed by atoms with Gasteiger partial charge in [0.15, 0.2) is 0 Å². The average Bonchev–Trinajstić information content (AvgIpc) is 2.80. The largest absolute Gasteiger partial charge is 0.496 e. The summed E-state index contributed by atoms with van der Waals surface area (Å²) in [4.78, 5) is 32.3. The lowest BCUT2D eigenvalue weighted by Crippen LogP contribution is -2.49. The van der Waals surface area contributed by atoms with E-state index in [1.807, 2.05) is 42.5 Å². The van der Waals surface area contributed by atoms with E-state index in [2.05, 4.69) is 9.88 Å². The standard InChI is InChI=1S/C24H24ClN3O3/c1-31-22-10-7-19(25)15-18(22)16-27-11-13-28(14-12-27)24(30)20-8-9-21(26-23(20)29)17-5-3-2-4-6-17/h2-10,15H,11-14,16H2,1H3,(H,26,29). The van der Waals surface area contributed by atoms with Crippen molar-refractivity contribution in [2.75, 3.05) is 33.3 Å². The second kappa shape index (κ2) is 9.37. The SMILES string of the molecule is COc1ccc(Cl)cc1CN1CCN(C(=O)c2ccc(-c3ccccc3)[nH]c2=O)CC1. The number of piperazine rings is 1. The summed E-state index contributed by atoms with van der Waals surface area (Å²) in [5, 5.41) is 0.669. The van der Waals surface area contributed by atoms with Crippen molar-refractivity contribution in [1.82, 2.24) is 14.8 Å². The van der Waals surface area contributed by atoms with Crippen LogP contribution >= 0.6 is 11.6 Å². The Hall–Kier alpha value is -3.09. The van der Waals surface area contributed by atoms with Gasteiger partial charge in [0.25, 0.3) is 11.5 Å². The highest BCUT2D eigenvalue weighted by Gasteiger charge is 2.24. The minimum absolute atomic E-state index is 0.171. The van der Waals surface area contributed by atoms with Crippen LogP contribution in [0.1, 0.15) is 15.9 Å². The van der Waals surface area contributed by atoms with E-state index in [1.165, 1.54) is 0 Å². The van der Waals surface area contributed by atoms with Gasteiger partial charge in [-0.05, 0) is 35.9 Å². The molecule has 4 rings (SSSR count). The molecule has 1 N–H and O–H groups in total. The number of aromatic nitrogens is 1. The zero-order valence-corrected chi connectivity index (χ0v) is 18.1. The molecule has 2 heterocycles. The molecule has 3 aromatic rings. The molecule has 0 bridgehead atoms. The topological polar surface area (TPSA) is 65.6 Å². The predicted octanol–water partition coefficient (Wildman–Crippen LogP) is 3.66. The molecule has 2 aromatic carbocycles. The van der Waals surface area contributed by atoms with Crippen LogP contribution in [-0.2, 0) is 6.54 Å². The number of hydrogen-bond donors (Lipinski definition) is 1. The van der Waals surface area contributed by atoms with Crippen LogP contribution in [0.15, 0.2) is 65.5 Å². The molecule has 0 aliphatic carbocycles. The van der Waals surface area contributed by atoms with Crippen LogP contribution < -0.4 is 10.3 Å². The van der Waals surface area contributed by atoms with Gasteiger partial charge in [0, 0.05) is 49.0 Å². The molecular formula is C24H24ClN3O3. The molecular weight excluding hydrogens is 414 g/mol. The molecule has 0 spiro atoms. The number of nitrogens with zero attached hydrogens (tertiary/aromatic N) is 2. The monoisotopic (exact) mass is 437 g/mol. The van der Waals surface area contributed by atoms with Crippen molar-refractivity contribution in [3.05, 3.63) is 87.2 Å². The number of hydrogen-bond acceptors (Lipinski definition) is 4. The second-order valence-corrected chi connectivity index (χ2v) is 7.94. The highest BCUT2D eigenvalue weighted by Crippen LogP contribution is 2.24. The fourth-order valence-corrected chi connectivity index (χ4v) is 4.01. The summed E-state index contributed by atoms with van der Waals surface area (Å²) in [6.07, 6.45) is 0. The van der Waals surface area contributed by atoms with E-state index in [4.69, 9.17) is 16.3 Å². The van der Waals surface area contributed by atoms with Crippen LogP contribution in [-0.4, -0.2) is 54.0 Å². The average molecular weight is 438 g/mol. The van der Waals surface area contributed by atoms with E-state index in [0.29, 0.717) is 43.4 Å². The number of aromatic amines is 1. The van der Waals surface area contributed by atoms with E-state index in [9.17, 15) is 9.59 Å². The molecule has 7 heteroatoms. The Morgan fingerprint density at radius 1 is 1.03 bits per heavy atom. The third-order valence-corrected chi connectivity index (χ3v) is 5.76. The zero-order chi connectivity index (χ0) is 21.8. The maximum atomic E-state index is 12.9. The molecule has 1 aliphatic heterocycles. The first-order chi connectivity index (χ1) is 15.0. The van der Waals surface area contributed by atoms with Gasteiger partial charge >= 0.3 is 0 Å². The number of amides is 1. The summed E-state index contributed by atoms with van der Waals surface area (Å²) in [6, 6.07) is 18.5. The summed E-state index contributed by atoms with van der Waals surface area (Å²) >= 11 is 6.13. The van der Waals surface area contributed by atoms with Crippen molar-refractivity contribution in [1.29, 1.82) is 0 Å². The van der Waals surface area contributed by atoms with E-state index in [1.54, 1.807) is 30.2 Å². The summed E-state index contributed by atoms with van der Waals surface area (Å²) in [7, 11) is 1.64. The third kappa shape index (κ3) is 4.81. The van der Waals surface area contributed by atoms with Crippen molar-refractivity contribution < 1.29 is 9.53 Å². The molecule has 6 nitrogen and oxygen atoms in total. The van der Waals surface area contributed by atoms with Gasteiger partial charge in [0.05, 0.1) is 7.11 Å². The summed E-state index contributed by atoms with van der Waals surface area (Å²) < 4.78 is 5.43. The molecule has 1 amide bonds. The van der Waals surface area contributed by atoms with Gasteiger partial charge in [-0.2, -0.15) is 0 Å². The van der Waals surface area contributed by atoms with Crippen LogP contribution in [0.3, 0.4) is 0 Å². The van der Waals surface area contributed by atoms with E-state index >= 15 is 0 Å². The molecule has 1 aromatic heterocycles. The predicted molar refractivity (Wildman–Crippen MR) is 122 cm³/mol. The Morgan fingerprint density at radius 2 is 1.77 bits per heavy atom. The van der Waals surface area contributed by atoms with Gasteiger partial charge in [0.2, 0.25) is 0 Å². The maximum absolute atomic E-state index is 12.9. The van der Waals surface area contributed by atoms with Gasteiger partial charge in [-0.1, -0.05) is 41.9 Å². The van der Waals surface area contributed by atoms with Gasteiger partial charge in [-0.3, -0.25) is 14.5 Å². The number of benzene rings is 2. The molecule has 0 saturated carbocycles. The number of ether oxygens (including phenoxy) is 1. The molecule has 0 unspecified atom stereocenters. The number of halogens is 1. The smallest absolute Gasteiger partial charge is 0.261 e. The number of carbonyl (C=O) groups is 1. The molecule has 0 radical (unpaired) electrons. The zero-order valence-electron chi connectivity index (χ0n) is 17.3. The van der Waals surface area contributed by atoms with Crippen LogP contribution in [0.4, 0.5) is 0 Å². The van der Waals surface area contributed by atoms with Crippen LogP contribution in [0.2, 0.25) is 5.02 Å². The van der Waals surface area contributed by atoms with Gasteiger partial charge < -0.3 is 14.6 Å². The van der Waals surface area contributed by atoms with Crippen molar-refractivity contribution >= 4 is 17.5 Å². The van der Waals surface area contributed by atoms with Gasteiger partial charge in [0.1, 0.15) is 11.3 Å². The van der Waals surface area contributed by atoms with E-state index < -0.39 is 0 Å². The first kappa shape index (κ1) is 21.2. The lowest BCUT2D eigenvalue weighted by Gasteiger charge is -2.34. The normalized spacial score (nSPS) is 14.5. The molecule has 1 aliphatic rings. The van der Waals surface area contributed by atoms with Gasteiger partial charge in [-0.15, -0.1) is 0 Å². The van der Waals surface area contributed by atoms with Crippen LogP contribution in [0.25, 0.3) is 11.3 Å². The summed E-state index contributed by atoms with van der Waals surface area (Å²) in [6.45, 7) is 3.23. The third-order valence-electron chi connectivity index (χ3n) is 5.52. The Balaban J connectivity index is 1.41. The highest BCUT2D eigenvalue weighted by atomic mass is 35.5. The minimum atomic E-state index is -0.363. The van der Waals surface area contributed by atoms with E-state index in [-0.39, 0.29) is 17.0 Å². The lowest BCUT2D eigenvalue weighted by molar-refractivity contribution is 0.0625. The first-order valence-corrected chi connectivity index (χ1v) is 10.6. The number of H-pyrrole nitrogens is 1. The highest BCUT2D eigenvalue weighted by molar-refractivity contribution is 6.30. The van der Waals surface area contributed by atoms with Gasteiger partial charge in [-0.25, -0.2) is 0 Å². The number of pyridine rings is 1. The van der Waals surface area contributed by atoms with Crippen LogP contribution in [0.5, 0.6) is 5.75 Å². The maximum Gasteiger partial charge on any atom is 0.261 e. The van der Waals surface area contributed by atoms with Crippen LogP contribution in [0, 0.1) is 0 Å². The summed E-state index contributed by atoms with van der Waals surface area (Å²) in [5.74, 6) is 0.564. The minimum Gasteiger partial charge on any atom is -0.496 e. The number of carbonyl (C=O) groups excluding carboxylic acids is 1. The second-order valence-electron chi connectivity index (χ2n) is 7.51.